The van der Waals surface area contributed by atoms with Crippen molar-refractivity contribution in [3.63, 3.8) is 0 Å². The zero-order valence-corrected chi connectivity index (χ0v) is 7.14. The Kier molecular flexibility index (Phi) is 2.82. The van der Waals surface area contributed by atoms with Gasteiger partial charge in [-0.1, -0.05) is 0 Å². The van der Waals surface area contributed by atoms with Crippen LogP contribution in [-0.4, -0.2) is 21.0 Å². The Hall–Kier alpha value is -1.89. The van der Waals surface area contributed by atoms with Crippen LogP contribution in [0.15, 0.2) is 12.3 Å². The van der Waals surface area contributed by atoms with Gasteiger partial charge in [0.05, 0.1) is 23.6 Å². The van der Waals surface area contributed by atoms with E-state index in [9.17, 15) is 14.9 Å². The number of nitrogens with zero attached hydrogens (tertiary/aromatic N) is 1. The van der Waals surface area contributed by atoms with Crippen LogP contribution >= 0.6 is 0 Å². The van der Waals surface area contributed by atoms with Crippen LogP contribution in [0.4, 0.5) is 5.69 Å². The van der Waals surface area contributed by atoms with Crippen molar-refractivity contribution < 1.29 is 14.8 Å². The SMILES string of the molecule is N[C@@H](CC(=O)O)c1cc([N+](=O)[O-])c[nH]1. The Morgan fingerprint density at radius 1 is 1.79 bits per heavy atom. The van der Waals surface area contributed by atoms with E-state index in [1.807, 2.05) is 0 Å². The third kappa shape index (κ3) is 2.30. The molecule has 0 fully saturated rings. The fourth-order valence-electron chi connectivity index (χ4n) is 1.02. The molecular weight excluding hydrogens is 190 g/mol. The van der Waals surface area contributed by atoms with Gasteiger partial charge in [-0.2, -0.15) is 0 Å². The molecule has 1 aromatic rings. The molecule has 0 amide bonds. The zero-order chi connectivity index (χ0) is 10.7. The number of carboxylic acid groups (broad SMARTS) is 1. The van der Waals surface area contributed by atoms with Crippen molar-refractivity contribution in [1.29, 1.82) is 0 Å². The molecule has 1 aromatic heterocycles. The van der Waals surface area contributed by atoms with Crippen LogP contribution < -0.4 is 5.73 Å². The van der Waals surface area contributed by atoms with Crippen LogP contribution in [0.3, 0.4) is 0 Å². The van der Waals surface area contributed by atoms with Gasteiger partial charge < -0.3 is 15.8 Å². The maximum atomic E-state index is 10.3. The quantitative estimate of drug-likeness (QED) is 0.478. The van der Waals surface area contributed by atoms with Crippen LogP contribution in [0.2, 0.25) is 0 Å². The number of aromatic amines is 1. The molecule has 4 N–H and O–H groups in total. The highest BCUT2D eigenvalue weighted by Crippen LogP contribution is 2.18. The standard InChI is InChI=1S/C7H9N3O4/c8-5(2-7(11)12)6-1-4(3-9-6)10(13)14/h1,3,5,9H,2,8H2,(H,11,12)/t5-/m0/s1. The van der Waals surface area contributed by atoms with Gasteiger partial charge in [-0.25, -0.2) is 0 Å². The molecule has 0 aliphatic rings. The molecule has 7 nitrogen and oxygen atoms in total. The molecule has 76 valence electrons. The van der Waals surface area contributed by atoms with Gasteiger partial charge in [-0.15, -0.1) is 0 Å². The minimum Gasteiger partial charge on any atom is -0.481 e. The van der Waals surface area contributed by atoms with Crippen LogP contribution in [0.25, 0.3) is 0 Å². The van der Waals surface area contributed by atoms with Gasteiger partial charge in [0.15, 0.2) is 0 Å². The van der Waals surface area contributed by atoms with Gasteiger partial charge in [0.1, 0.15) is 0 Å². The second-order valence-corrected chi connectivity index (χ2v) is 2.77. The lowest BCUT2D eigenvalue weighted by Gasteiger charge is -2.04. The summed E-state index contributed by atoms with van der Waals surface area (Å²) < 4.78 is 0. The van der Waals surface area contributed by atoms with Crippen molar-refractivity contribution in [2.45, 2.75) is 12.5 Å². The molecular formula is C7H9N3O4. The third-order valence-corrected chi connectivity index (χ3v) is 1.69. The van der Waals surface area contributed by atoms with Crippen molar-refractivity contribution in [3.05, 3.63) is 28.1 Å². The highest BCUT2D eigenvalue weighted by atomic mass is 16.6. The average Bonchev–Trinajstić information content (AvgIpc) is 2.50. The molecule has 1 atom stereocenters. The average molecular weight is 199 g/mol. The van der Waals surface area contributed by atoms with E-state index < -0.39 is 16.9 Å². The second kappa shape index (κ2) is 3.88. The Morgan fingerprint density at radius 3 is 2.86 bits per heavy atom. The number of nitrogens with two attached hydrogens (primary N) is 1. The first-order valence-corrected chi connectivity index (χ1v) is 3.80. The summed E-state index contributed by atoms with van der Waals surface area (Å²) in [6.07, 6.45) is 0.911. The fraction of sp³-hybridized carbons (Fsp3) is 0.286. The third-order valence-electron chi connectivity index (χ3n) is 1.69. The number of nitro groups is 1. The largest absolute Gasteiger partial charge is 0.481 e. The molecule has 14 heavy (non-hydrogen) atoms. The molecule has 0 radical (unpaired) electrons. The molecule has 1 rings (SSSR count). The monoisotopic (exact) mass is 199 g/mol. The van der Waals surface area contributed by atoms with E-state index in [1.54, 1.807) is 0 Å². The predicted molar refractivity (Wildman–Crippen MR) is 46.6 cm³/mol. The van der Waals surface area contributed by atoms with Crippen molar-refractivity contribution in [3.8, 4) is 0 Å². The molecule has 0 aliphatic heterocycles. The highest BCUT2D eigenvalue weighted by Gasteiger charge is 2.16. The second-order valence-electron chi connectivity index (χ2n) is 2.77. The summed E-state index contributed by atoms with van der Waals surface area (Å²) in [7, 11) is 0. The maximum absolute atomic E-state index is 10.3. The van der Waals surface area contributed by atoms with Crippen molar-refractivity contribution >= 4 is 11.7 Å². The first kappa shape index (κ1) is 10.2. The number of hydrogen-bond donors (Lipinski definition) is 3. The molecule has 0 aliphatic carbocycles. The summed E-state index contributed by atoms with van der Waals surface area (Å²) in [5.41, 5.74) is 5.70. The Morgan fingerprint density at radius 2 is 2.43 bits per heavy atom. The molecule has 0 aromatic carbocycles. The minimum atomic E-state index is -1.05. The van der Waals surface area contributed by atoms with Gasteiger partial charge in [-0.05, 0) is 0 Å². The molecule has 0 spiro atoms. The zero-order valence-electron chi connectivity index (χ0n) is 7.14. The highest BCUT2D eigenvalue weighted by molar-refractivity contribution is 5.67. The van der Waals surface area contributed by atoms with Crippen molar-refractivity contribution in [1.82, 2.24) is 4.98 Å². The molecule has 0 saturated carbocycles. The van der Waals surface area contributed by atoms with E-state index >= 15 is 0 Å². The summed E-state index contributed by atoms with van der Waals surface area (Å²) in [6.45, 7) is 0. The lowest BCUT2D eigenvalue weighted by atomic mass is 10.1. The van der Waals surface area contributed by atoms with E-state index in [-0.39, 0.29) is 12.1 Å². The molecule has 1 heterocycles. The summed E-state index contributed by atoms with van der Waals surface area (Å²) in [4.78, 5) is 22.6. The number of hydrogen-bond acceptors (Lipinski definition) is 4. The first-order chi connectivity index (χ1) is 6.50. The lowest BCUT2D eigenvalue weighted by Crippen LogP contribution is -2.15. The summed E-state index contributed by atoms with van der Waals surface area (Å²) in [5, 5.41) is 18.7. The van der Waals surface area contributed by atoms with Crippen LogP contribution in [0.5, 0.6) is 0 Å². The normalized spacial score (nSPS) is 12.4. The number of carboxylic acids is 1. The number of nitrogens with one attached hydrogen (secondary N) is 1. The van der Waals surface area contributed by atoms with Crippen LogP contribution in [0, 0.1) is 10.1 Å². The number of aliphatic carboxylic acids is 1. The van der Waals surface area contributed by atoms with Gasteiger partial charge in [-0.3, -0.25) is 14.9 Å². The van der Waals surface area contributed by atoms with E-state index in [4.69, 9.17) is 10.8 Å². The molecule has 0 saturated heterocycles. The lowest BCUT2D eigenvalue weighted by molar-refractivity contribution is -0.384. The Labute approximate surface area is 78.7 Å². The van der Waals surface area contributed by atoms with Crippen LogP contribution in [-0.2, 0) is 4.79 Å². The summed E-state index contributed by atoms with van der Waals surface area (Å²) in [5.74, 6) is -1.05. The fourth-order valence-corrected chi connectivity index (χ4v) is 1.02. The predicted octanol–water partition coefficient (Wildman–Crippen LogP) is 0.397. The van der Waals surface area contributed by atoms with Gasteiger partial charge in [0.25, 0.3) is 5.69 Å². The van der Waals surface area contributed by atoms with Crippen LogP contribution in [0.1, 0.15) is 18.2 Å². The minimum absolute atomic E-state index is 0.124. The van der Waals surface area contributed by atoms with Gasteiger partial charge in [0.2, 0.25) is 0 Å². The Balaban J connectivity index is 2.76. The number of H-pyrrole nitrogens is 1. The molecule has 0 unspecified atom stereocenters. The summed E-state index contributed by atoms with van der Waals surface area (Å²) in [6, 6.07) is 0.481. The molecule has 7 heteroatoms. The number of aromatic nitrogens is 1. The first-order valence-electron chi connectivity index (χ1n) is 3.80. The van der Waals surface area contributed by atoms with E-state index in [0.717, 1.165) is 0 Å². The smallest absolute Gasteiger partial charge is 0.305 e. The Bertz CT molecular complexity index is 360. The van der Waals surface area contributed by atoms with Gasteiger partial charge in [0, 0.05) is 11.8 Å². The maximum Gasteiger partial charge on any atom is 0.305 e. The molecule has 0 bridgehead atoms. The van der Waals surface area contributed by atoms with Gasteiger partial charge >= 0.3 is 5.97 Å². The van der Waals surface area contributed by atoms with E-state index in [1.165, 1.54) is 12.3 Å². The van der Waals surface area contributed by atoms with Crippen molar-refractivity contribution in [2.75, 3.05) is 0 Å². The number of carbonyl (C=O) groups is 1. The topological polar surface area (TPSA) is 122 Å². The van der Waals surface area contributed by atoms with Crippen molar-refractivity contribution in [2.24, 2.45) is 5.73 Å². The number of rotatable bonds is 4. The van der Waals surface area contributed by atoms with E-state index in [0.29, 0.717) is 5.69 Å². The summed E-state index contributed by atoms with van der Waals surface area (Å²) >= 11 is 0. The van der Waals surface area contributed by atoms with E-state index in [2.05, 4.69) is 4.98 Å².